The first-order valence-electron chi connectivity index (χ1n) is 9.93. The molecule has 0 spiro atoms. The molecule has 1 aliphatic rings. The lowest BCUT2D eigenvalue weighted by Crippen LogP contribution is -2.19. The Labute approximate surface area is 163 Å². The van der Waals surface area contributed by atoms with Gasteiger partial charge in [-0.15, -0.1) is 0 Å². The van der Waals surface area contributed by atoms with Crippen LogP contribution in [0.15, 0.2) is 72.8 Å². The number of hydrogen-bond acceptors (Lipinski definition) is 1. The van der Waals surface area contributed by atoms with Crippen molar-refractivity contribution in [1.29, 1.82) is 0 Å². The second-order valence-corrected chi connectivity index (χ2v) is 7.60. The molecule has 0 unspecified atom stereocenters. The van der Waals surface area contributed by atoms with E-state index in [0.717, 1.165) is 12.8 Å². The van der Waals surface area contributed by atoms with Gasteiger partial charge in [0.05, 0.1) is 11.4 Å². The molecule has 0 aromatic heterocycles. The molecule has 1 heteroatoms. The number of benzene rings is 3. The Morgan fingerprint density at radius 3 is 1.63 bits per heavy atom. The summed E-state index contributed by atoms with van der Waals surface area (Å²) in [7, 11) is 0. The van der Waals surface area contributed by atoms with E-state index < -0.39 is 0 Å². The van der Waals surface area contributed by atoms with Crippen molar-refractivity contribution in [2.45, 2.75) is 39.0 Å². The first-order chi connectivity index (χ1) is 13.2. The highest BCUT2D eigenvalue weighted by Gasteiger charge is 2.23. The first kappa shape index (κ1) is 17.6. The highest BCUT2D eigenvalue weighted by molar-refractivity contribution is 5.93. The molecule has 4 rings (SSSR count). The van der Waals surface area contributed by atoms with Crippen LogP contribution in [0, 0.1) is 0 Å². The van der Waals surface area contributed by atoms with Crippen molar-refractivity contribution < 1.29 is 0 Å². The van der Waals surface area contributed by atoms with Crippen LogP contribution < -0.4 is 4.90 Å². The van der Waals surface area contributed by atoms with Crippen molar-refractivity contribution in [3.8, 4) is 0 Å². The fraction of sp³-hybridized carbons (Fsp3) is 0.231. The SMILES string of the molecule is CCC(C)(CC)c1ccc(N2c3ccccc3C=Cc3ccccc32)cc1. The molecule has 3 aromatic rings. The first-order valence-corrected chi connectivity index (χ1v) is 9.93. The van der Waals surface area contributed by atoms with Crippen molar-refractivity contribution >= 4 is 29.2 Å². The number of fused-ring (bicyclic) bond motifs is 2. The Morgan fingerprint density at radius 1 is 0.667 bits per heavy atom. The predicted molar refractivity (Wildman–Crippen MR) is 118 cm³/mol. The van der Waals surface area contributed by atoms with Crippen molar-refractivity contribution in [2.24, 2.45) is 0 Å². The van der Waals surface area contributed by atoms with Gasteiger partial charge in [-0.3, -0.25) is 0 Å². The van der Waals surface area contributed by atoms with Crippen LogP contribution in [0.3, 0.4) is 0 Å². The minimum atomic E-state index is 0.245. The minimum absolute atomic E-state index is 0.245. The molecule has 1 heterocycles. The standard InChI is InChI=1S/C26H27N/c1-4-26(3,5-2)22-16-18-23(19-17-22)27-24-12-8-6-10-20(24)14-15-21-11-7-9-13-25(21)27/h6-19H,4-5H2,1-3H3. The summed E-state index contributed by atoms with van der Waals surface area (Å²) in [6.45, 7) is 6.93. The van der Waals surface area contributed by atoms with E-state index in [0.29, 0.717) is 0 Å². The van der Waals surface area contributed by atoms with E-state index in [-0.39, 0.29) is 5.41 Å². The summed E-state index contributed by atoms with van der Waals surface area (Å²) in [5, 5.41) is 0. The molecule has 1 nitrogen and oxygen atoms in total. The largest absolute Gasteiger partial charge is 0.309 e. The topological polar surface area (TPSA) is 3.24 Å². The summed E-state index contributed by atoms with van der Waals surface area (Å²) >= 11 is 0. The quantitative estimate of drug-likeness (QED) is 0.363. The maximum absolute atomic E-state index is 2.38. The number of hydrogen-bond donors (Lipinski definition) is 0. The average Bonchev–Trinajstić information content (AvgIpc) is 2.90. The average molecular weight is 354 g/mol. The Kier molecular flexibility index (Phi) is 4.61. The molecule has 0 aliphatic carbocycles. The Hall–Kier alpha value is -2.80. The Bertz CT molecular complexity index is 912. The molecule has 136 valence electrons. The van der Waals surface area contributed by atoms with E-state index in [4.69, 9.17) is 0 Å². The van der Waals surface area contributed by atoms with E-state index in [9.17, 15) is 0 Å². The molecule has 0 saturated carbocycles. The molecule has 1 aliphatic heterocycles. The van der Waals surface area contributed by atoms with Crippen LogP contribution in [-0.4, -0.2) is 0 Å². The third-order valence-electron chi connectivity index (χ3n) is 6.18. The van der Waals surface area contributed by atoms with Crippen LogP contribution >= 0.6 is 0 Å². The number of para-hydroxylation sites is 2. The summed E-state index contributed by atoms with van der Waals surface area (Å²) in [5.74, 6) is 0. The Morgan fingerprint density at radius 2 is 1.15 bits per heavy atom. The molecular weight excluding hydrogens is 326 g/mol. The van der Waals surface area contributed by atoms with Gasteiger partial charge in [-0.1, -0.05) is 81.5 Å². The van der Waals surface area contributed by atoms with Gasteiger partial charge in [-0.25, -0.2) is 0 Å². The second-order valence-electron chi connectivity index (χ2n) is 7.60. The molecule has 0 amide bonds. The van der Waals surface area contributed by atoms with Gasteiger partial charge in [0.2, 0.25) is 0 Å². The molecule has 27 heavy (non-hydrogen) atoms. The fourth-order valence-corrected chi connectivity index (χ4v) is 3.92. The van der Waals surface area contributed by atoms with Gasteiger partial charge in [0, 0.05) is 5.69 Å². The second kappa shape index (κ2) is 7.08. The van der Waals surface area contributed by atoms with Crippen molar-refractivity contribution in [3.05, 3.63) is 89.5 Å². The fourth-order valence-electron chi connectivity index (χ4n) is 3.92. The van der Waals surface area contributed by atoms with Gasteiger partial charge >= 0.3 is 0 Å². The van der Waals surface area contributed by atoms with Gasteiger partial charge in [0.25, 0.3) is 0 Å². The predicted octanol–water partition coefficient (Wildman–Crippen LogP) is 7.72. The molecule has 0 fully saturated rings. The number of anilines is 3. The van der Waals surface area contributed by atoms with Crippen molar-refractivity contribution in [3.63, 3.8) is 0 Å². The Balaban J connectivity index is 1.85. The van der Waals surface area contributed by atoms with Crippen LogP contribution in [0.25, 0.3) is 12.2 Å². The lowest BCUT2D eigenvalue weighted by molar-refractivity contribution is 0.439. The van der Waals surface area contributed by atoms with E-state index in [1.165, 1.54) is 33.8 Å². The molecule has 0 N–H and O–H groups in total. The highest BCUT2D eigenvalue weighted by atomic mass is 15.1. The van der Waals surface area contributed by atoms with Crippen LogP contribution in [-0.2, 0) is 5.41 Å². The zero-order valence-electron chi connectivity index (χ0n) is 16.4. The van der Waals surface area contributed by atoms with E-state index in [2.05, 4.69) is 111 Å². The molecule has 3 aromatic carbocycles. The summed E-state index contributed by atoms with van der Waals surface area (Å²) in [6.07, 6.45) is 6.74. The highest BCUT2D eigenvalue weighted by Crippen LogP contribution is 2.42. The maximum Gasteiger partial charge on any atom is 0.0534 e. The van der Waals surface area contributed by atoms with Gasteiger partial charge in [-0.2, -0.15) is 0 Å². The lowest BCUT2D eigenvalue weighted by atomic mass is 9.78. The van der Waals surface area contributed by atoms with Gasteiger partial charge in [-0.05, 0) is 59.2 Å². The van der Waals surface area contributed by atoms with Gasteiger partial charge in [0.1, 0.15) is 0 Å². The van der Waals surface area contributed by atoms with Crippen LogP contribution in [0.1, 0.15) is 50.3 Å². The molecule has 0 bridgehead atoms. The van der Waals surface area contributed by atoms with Crippen molar-refractivity contribution in [1.82, 2.24) is 0 Å². The number of rotatable bonds is 4. The van der Waals surface area contributed by atoms with Crippen LogP contribution in [0.5, 0.6) is 0 Å². The number of nitrogens with zero attached hydrogens (tertiary/aromatic N) is 1. The molecule has 0 radical (unpaired) electrons. The lowest BCUT2D eigenvalue weighted by Gasteiger charge is -2.30. The zero-order chi connectivity index (χ0) is 18.9. The van der Waals surface area contributed by atoms with Crippen LogP contribution in [0.4, 0.5) is 17.1 Å². The van der Waals surface area contributed by atoms with Gasteiger partial charge < -0.3 is 4.90 Å². The van der Waals surface area contributed by atoms with Crippen molar-refractivity contribution in [2.75, 3.05) is 4.90 Å². The third kappa shape index (κ3) is 3.08. The summed E-state index contributed by atoms with van der Waals surface area (Å²) < 4.78 is 0. The summed E-state index contributed by atoms with van der Waals surface area (Å²) in [6, 6.07) is 26.4. The zero-order valence-corrected chi connectivity index (χ0v) is 16.4. The maximum atomic E-state index is 2.38. The van der Waals surface area contributed by atoms with Gasteiger partial charge in [0.15, 0.2) is 0 Å². The molecular formula is C26H27N. The minimum Gasteiger partial charge on any atom is -0.309 e. The monoisotopic (exact) mass is 353 g/mol. The van der Waals surface area contributed by atoms with Crippen LogP contribution in [0.2, 0.25) is 0 Å². The van der Waals surface area contributed by atoms with E-state index in [1.54, 1.807) is 0 Å². The summed E-state index contributed by atoms with van der Waals surface area (Å²) in [4.78, 5) is 2.38. The van der Waals surface area contributed by atoms with E-state index >= 15 is 0 Å². The smallest absolute Gasteiger partial charge is 0.0534 e. The normalized spacial score (nSPS) is 13.1. The van der Waals surface area contributed by atoms with E-state index in [1.807, 2.05) is 0 Å². The molecule has 0 atom stereocenters. The summed E-state index contributed by atoms with van der Waals surface area (Å²) in [5.41, 5.74) is 7.80. The molecule has 0 saturated heterocycles. The third-order valence-corrected chi connectivity index (χ3v) is 6.18.